The van der Waals surface area contributed by atoms with E-state index < -0.39 is 0 Å². The normalized spacial score (nSPS) is 12.0. The second-order valence-electron chi connectivity index (χ2n) is 3.60. The molecule has 0 aromatic carbocycles. The number of alkyl halides is 1. The number of halogens is 1. The molecule has 0 rings (SSSR count). The van der Waals surface area contributed by atoms with Gasteiger partial charge in [-0.1, -0.05) is 20.8 Å². The van der Waals surface area contributed by atoms with Gasteiger partial charge in [0.1, 0.15) is 0 Å². The van der Waals surface area contributed by atoms with E-state index in [0.717, 1.165) is 25.3 Å². The second-order valence-corrected chi connectivity index (χ2v) is 5.26. The van der Waals surface area contributed by atoms with Crippen LogP contribution in [-0.4, -0.2) is 29.5 Å². The molecule has 0 saturated carbocycles. The predicted molar refractivity (Wildman–Crippen MR) is 69.7 cm³/mol. The topological polar surface area (TPSA) is 12.0 Å². The Kier molecular flexibility index (Phi) is 9.25. The maximum absolute atomic E-state index is 6.00. The van der Waals surface area contributed by atoms with Gasteiger partial charge in [-0.3, -0.25) is 0 Å². The van der Waals surface area contributed by atoms with Crippen molar-refractivity contribution >= 4 is 23.4 Å². The molecule has 0 unspecified atom stereocenters. The Hall–Kier alpha value is 0.600. The molecule has 14 heavy (non-hydrogen) atoms. The molecule has 0 aromatic heterocycles. The Bertz CT molecular complexity index is 118. The summed E-state index contributed by atoms with van der Waals surface area (Å²) in [5.74, 6) is 3.21. The highest BCUT2D eigenvalue weighted by Gasteiger charge is 2.23. The van der Waals surface area contributed by atoms with Crippen LogP contribution in [0.2, 0.25) is 0 Å². The Labute approximate surface area is 98.4 Å². The van der Waals surface area contributed by atoms with Crippen molar-refractivity contribution in [2.75, 3.05) is 23.9 Å². The zero-order valence-electron chi connectivity index (χ0n) is 9.74. The van der Waals surface area contributed by atoms with E-state index in [9.17, 15) is 0 Å². The van der Waals surface area contributed by atoms with Gasteiger partial charge in [0, 0.05) is 11.4 Å². The largest absolute Gasteiger partial charge is 0.310 e. The Morgan fingerprint density at radius 1 is 1.21 bits per heavy atom. The van der Waals surface area contributed by atoms with Gasteiger partial charge in [0.15, 0.2) is 0 Å². The molecule has 0 fully saturated rings. The van der Waals surface area contributed by atoms with Crippen molar-refractivity contribution in [2.45, 2.75) is 45.6 Å². The molecule has 0 aliphatic rings. The molecule has 1 N–H and O–H groups in total. The summed E-state index contributed by atoms with van der Waals surface area (Å²) in [6, 6.07) is 0. The first-order valence-corrected chi connectivity index (χ1v) is 7.32. The molecule has 0 heterocycles. The summed E-state index contributed by atoms with van der Waals surface area (Å²) in [7, 11) is 0. The summed E-state index contributed by atoms with van der Waals surface area (Å²) < 4.78 is 0. The average molecular weight is 238 g/mol. The highest BCUT2D eigenvalue weighted by Crippen LogP contribution is 2.16. The summed E-state index contributed by atoms with van der Waals surface area (Å²) >= 11 is 8.01. The molecule has 0 aliphatic carbocycles. The van der Waals surface area contributed by atoms with E-state index in [2.05, 4.69) is 26.1 Å². The lowest BCUT2D eigenvalue weighted by molar-refractivity contribution is 0.338. The first-order valence-electron chi connectivity index (χ1n) is 5.63. The minimum Gasteiger partial charge on any atom is -0.310 e. The molecule has 3 heteroatoms. The van der Waals surface area contributed by atoms with Gasteiger partial charge < -0.3 is 5.32 Å². The average Bonchev–Trinajstić information content (AvgIpc) is 2.24. The van der Waals surface area contributed by atoms with Crippen LogP contribution >= 0.6 is 23.4 Å². The maximum atomic E-state index is 6.00. The fourth-order valence-electron chi connectivity index (χ4n) is 1.41. The number of rotatable bonds is 9. The first-order chi connectivity index (χ1) is 6.74. The van der Waals surface area contributed by atoms with Crippen LogP contribution in [0.3, 0.4) is 0 Å². The highest BCUT2D eigenvalue weighted by atomic mass is 35.5. The molecule has 0 atom stereocenters. The van der Waals surface area contributed by atoms with E-state index >= 15 is 0 Å². The number of nitrogens with one attached hydrogen (secondary N) is 1. The zero-order chi connectivity index (χ0) is 10.9. The molecule has 0 spiro atoms. The van der Waals surface area contributed by atoms with Crippen molar-refractivity contribution in [3.63, 3.8) is 0 Å². The van der Waals surface area contributed by atoms with Crippen molar-refractivity contribution in [1.82, 2.24) is 5.32 Å². The van der Waals surface area contributed by atoms with Gasteiger partial charge in [0.2, 0.25) is 0 Å². The standard InChI is InChI=1S/C11H24ClNS/c1-4-11(5-2,10-12)13-8-7-9-14-6-3/h13H,4-10H2,1-3H3. The molecule has 1 nitrogen and oxygen atoms in total. The maximum Gasteiger partial charge on any atom is 0.0405 e. The third kappa shape index (κ3) is 5.47. The van der Waals surface area contributed by atoms with Gasteiger partial charge in [-0.2, -0.15) is 11.8 Å². The monoisotopic (exact) mass is 237 g/mol. The van der Waals surface area contributed by atoms with Crippen molar-refractivity contribution < 1.29 is 0 Å². The van der Waals surface area contributed by atoms with Crippen molar-refractivity contribution in [2.24, 2.45) is 0 Å². The second kappa shape index (κ2) is 8.87. The van der Waals surface area contributed by atoms with Crippen LogP contribution in [0, 0.1) is 0 Å². The summed E-state index contributed by atoms with van der Waals surface area (Å²) in [6.45, 7) is 7.72. The van der Waals surface area contributed by atoms with Crippen molar-refractivity contribution in [3.8, 4) is 0 Å². The molecule has 0 radical (unpaired) electrons. The van der Waals surface area contributed by atoms with Crippen LogP contribution in [0.25, 0.3) is 0 Å². The van der Waals surface area contributed by atoms with Gasteiger partial charge in [0.05, 0.1) is 0 Å². The lowest BCUT2D eigenvalue weighted by atomic mass is 9.95. The van der Waals surface area contributed by atoms with E-state index in [1.54, 1.807) is 0 Å². The van der Waals surface area contributed by atoms with Crippen LogP contribution in [0.4, 0.5) is 0 Å². The van der Waals surface area contributed by atoms with Crippen LogP contribution in [0.1, 0.15) is 40.0 Å². The van der Waals surface area contributed by atoms with Crippen molar-refractivity contribution in [1.29, 1.82) is 0 Å². The first kappa shape index (κ1) is 14.6. The lowest BCUT2D eigenvalue weighted by Gasteiger charge is -2.30. The molecule has 0 saturated heterocycles. The lowest BCUT2D eigenvalue weighted by Crippen LogP contribution is -2.46. The van der Waals surface area contributed by atoms with Gasteiger partial charge in [-0.15, -0.1) is 11.6 Å². The van der Waals surface area contributed by atoms with Crippen LogP contribution in [0.15, 0.2) is 0 Å². The molecule has 0 amide bonds. The van der Waals surface area contributed by atoms with Gasteiger partial charge >= 0.3 is 0 Å². The predicted octanol–water partition coefficient (Wildman–Crippen LogP) is 3.52. The van der Waals surface area contributed by atoms with Crippen LogP contribution in [0.5, 0.6) is 0 Å². The molecule has 0 bridgehead atoms. The van der Waals surface area contributed by atoms with E-state index in [1.807, 2.05) is 11.8 Å². The zero-order valence-corrected chi connectivity index (χ0v) is 11.3. The Morgan fingerprint density at radius 3 is 2.29 bits per heavy atom. The molecule has 86 valence electrons. The highest BCUT2D eigenvalue weighted by molar-refractivity contribution is 7.99. The summed E-state index contributed by atoms with van der Waals surface area (Å²) in [4.78, 5) is 0. The minimum atomic E-state index is 0.179. The number of thioether (sulfide) groups is 1. The minimum absolute atomic E-state index is 0.179. The van der Waals surface area contributed by atoms with Crippen LogP contribution in [-0.2, 0) is 0 Å². The third-order valence-corrected chi connectivity index (χ3v) is 4.28. The molecular formula is C11H24ClNS. The molecular weight excluding hydrogens is 214 g/mol. The summed E-state index contributed by atoms with van der Waals surface area (Å²) in [5.41, 5.74) is 0.179. The fourth-order valence-corrected chi connectivity index (χ4v) is 2.52. The van der Waals surface area contributed by atoms with Crippen LogP contribution < -0.4 is 5.32 Å². The number of hydrogen-bond donors (Lipinski definition) is 1. The smallest absolute Gasteiger partial charge is 0.0405 e. The molecule has 0 aromatic rings. The van der Waals surface area contributed by atoms with Crippen molar-refractivity contribution in [3.05, 3.63) is 0 Å². The third-order valence-electron chi connectivity index (χ3n) is 2.78. The summed E-state index contributed by atoms with van der Waals surface area (Å²) in [6.07, 6.45) is 3.49. The van der Waals surface area contributed by atoms with E-state index in [0.29, 0.717) is 0 Å². The number of hydrogen-bond acceptors (Lipinski definition) is 2. The van der Waals surface area contributed by atoms with Gasteiger partial charge in [-0.05, 0) is 37.3 Å². The van der Waals surface area contributed by atoms with E-state index in [4.69, 9.17) is 11.6 Å². The van der Waals surface area contributed by atoms with E-state index in [1.165, 1.54) is 17.9 Å². The quantitative estimate of drug-likeness (QED) is 0.487. The van der Waals surface area contributed by atoms with E-state index in [-0.39, 0.29) is 5.54 Å². The van der Waals surface area contributed by atoms with Gasteiger partial charge in [0.25, 0.3) is 0 Å². The Morgan fingerprint density at radius 2 is 1.86 bits per heavy atom. The van der Waals surface area contributed by atoms with Gasteiger partial charge in [-0.25, -0.2) is 0 Å². The summed E-state index contributed by atoms with van der Waals surface area (Å²) in [5, 5.41) is 3.60. The Balaban J connectivity index is 3.61. The molecule has 0 aliphatic heterocycles. The fraction of sp³-hybridized carbons (Fsp3) is 1.00. The SMILES string of the molecule is CCSCCCNC(CC)(CC)CCl.